The fourth-order valence-corrected chi connectivity index (χ4v) is 2.78. The molecular weight excluding hydrogens is 303 g/mol. The Kier molecular flexibility index (Phi) is 7.56. The van der Waals surface area contributed by atoms with Gasteiger partial charge in [-0.05, 0) is 42.6 Å². The van der Waals surface area contributed by atoms with Crippen molar-refractivity contribution < 1.29 is 9.13 Å². The number of ether oxygens (including phenoxy) is 1. The number of halogens is 1. The second-order valence-corrected chi connectivity index (χ2v) is 5.66. The monoisotopic (exact) mass is 330 g/mol. The van der Waals surface area contributed by atoms with E-state index in [1.807, 2.05) is 18.2 Å². The Labute approximate surface area is 144 Å². The maximum absolute atomic E-state index is 12.7. The number of benzene rings is 2. The van der Waals surface area contributed by atoms with E-state index in [-0.39, 0.29) is 6.67 Å². The number of anilines is 1. The molecular formula is C20H27FN2O. The quantitative estimate of drug-likeness (QED) is 0.638. The van der Waals surface area contributed by atoms with Crippen LogP contribution in [0.3, 0.4) is 0 Å². The highest BCUT2D eigenvalue weighted by molar-refractivity contribution is 5.76. The average molecular weight is 330 g/mol. The molecule has 2 aromatic rings. The minimum atomic E-state index is -0.318. The van der Waals surface area contributed by atoms with Crippen LogP contribution in [0, 0.1) is 0 Å². The van der Waals surface area contributed by atoms with Gasteiger partial charge in [0.25, 0.3) is 0 Å². The first-order valence-corrected chi connectivity index (χ1v) is 8.57. The average Bonchev–Trinajstić information content (AvgIpc) is 2.63. The lowest BCUT2D eigenvalue weighted by Crippen LogP contribution is -2.21. The van der Waals surface area contributed by atoms with E-state index in [4.69, 9.17) is 4.74 Å². The van der Waals surface area contributed by atoms with Crippen LogP contribution in [-0.4, -0.2) is 33.4 Å². The lowest BCUT2D eigenvalue weighted by atomic mass is 9.98. The third-order valence-electron chi connectivity index (χ3n) is 3.92. The van der Waals surface area contributed by atoms with E-state index in [1.165, 1.54) is 0 Å². The van der Waals surface area contributed by atoms with Crippen LogP contribution in [0.25, 0.3) is 11.1 Å². The van der Waals surface area contributed by atoms with Crippen LogP contribution in [-0.2, 0) is 6.42 Å². The summed E-state index contributed by atoms with van der Waals surface area (Å²) in [5.41, 5.74) is 4.23. The van der Waals surface area contributed by atoms with E-state index in [9.17, 15) is 4.39 Å². The molecule has 0 aromatic heterocycles. The van der Waals surface area contributed by atoms with Gasteiger partial charge in [-0.3, -0.25) is 4.39 Å². The van der Waals surface area contributed by atoms with Crippen LogP contribution in [0.15, 0.2) is 42.5 Å². The lowest BCUT2D eigenvalue weighted by molar-refractivity contribution is 0.408. The largest absolute Gasteiger partial charge is 0.496 e. The zero-order valence-corrected chi connectivity index (χ0v) is 14.6. The van der Waals surface area contributed by atoms with Crippen LogP contribution in [0.2, 0.25) is 0 Å². The van der Waals surface area contributed by atoms with E-state index >= 15 is 0 Å². The molecule has 0 saturated heterocycles. The summed E-state index contributed by atoms with van der Waals surface area (Å²) in [6.07, 6.45) is 1.17. The van der Waals surface area contributed by atoms with Gasteiger partial charge in [0.1, 0.15) is 5.75 Å². The smallest absolute Gasteiger partial charge is 0.130 e. The molecule has 0 aliphatic carbocycles. The number of methoxy groups -OCH3 is 1. The number of aryl methyl sites for hydroxylation is 1. The predicted octanol–water partition coefficient (Wildman–Crippen LogP) is 4.29. The van der Waals surface area contributed by atoms with E-state index in [0.717, 1.165) is 47.8 Å². The summed E-state index contributed by atoms with van der Waals surface area (Å²) >= 11 is 0. The van der Waals surface area contributed by atoms with Crippen LogP contribution in [0.4, 0.5) is 10.1 Å². The molecule has 0 aliphatic heterocycles. The number of hydrogen-bond donors (Lipinski definition) is 2. The van der Waals surface area contributed by atoms with Gasteiger partial charge in [0.05, 0.1) is 13.8 Å². The van der Waals surface area contributed by atoms with Gasteiger partial charge in [0, 0.05) is 24.3 Å². The molecule has 0 fully saturated rings. The zero-order valence-electron chi connectivity index (χ0n) is 14.6. The van der Waals surface area contributed by atoms with Crippen LogP contribution < -0.4 is 15.4 Å². The molecule has 4 heteroatoms. The molecule has 0 bridgehead atoms. The first kappa shape index (κ1) is 18.3. The molecule has 0 unspecified atom stereocenters. The van der Waals surface area contributed by atoms with E-state index in [0.29, 0.717) is 12.8 Å². The Morgan fingerprint density at radius 3 is 2.54 bits per heavy atom. The molecule has 3 nitrogen and oxygen atoms in total. The third kappa shape index (κ3) is 4.96. The molecule has 0 saturated carbocycles. The summed E-state index contributed by atoms with van der Waals surface area (Å²) in [5.74, 6) is 0.840. The zero-order chi connectivity index (χ0) is 17.2. The van der Waals surface area contributed by atoms with E-state index < -0.39 is 0 Å². The molecule has 130 valence electrons. The van der Waals surface area contributed by atoms with Crippen molar-refractivity contribution in [1.29, 1.82) is 0 Å². The topological polar surface area (TPSA) is 33.3 Å². The van der Waals surface area contributed by atoms with Crippen LogP contribution >= 0.6 is 0 Å². The lowest BCUT2D eigenvalue weighted by Gasteiger charge is -2.17. The minimum Gasteiger partial charge on any atom is -0.496 e. The SMILES string of the molecule is CCNCCNc1cc(CCCF)c(OC)c(-c2ccccc2)c1. The van der Waals surface area contributed by atoms with Gasteiger partial charge < -0.3 is 15.4 Å². The second-order valence-electron chi connectivity index (χ2n) is 5.66. The number of alkyl halides is 1. The highest BCUT2D eigenvalue weighted by Gasteiger charge is 2.13. The molecule has 0 heterocycles. The Balaban J connectivity index is 2.34. The normalized spacial score (nSPS) is 10.6. The first-order chi connectivity index (χ1) is 11.8. The summed E-state index contributed by atoms with van der Waals surface area (Å²) in [5, 5.41) is 6.75. The molecule has 2 aromatic carbocycles. The Morgan fingerprint density at radius 1 is 1.08 bits per heavy atom. The van der Waals surface area contributed by atoms with Gasteiger partial charge in [-0.2, -0.15) is 0 Å². The molecule has 2 N–H and O–H groups in total. The Bertz CT molecular complexity index is 617. The fraction of sp³-hybridized carbons (Fsp3) is 0.400. The van der Waals surface area contributed by atoms with Crippen molar-refractivity contribution in [2.45, 2.75) is 19.8 Å². The highest BCUT2D eigenvalue weighted by Crippen LogP contribution is 2.36. The summed E-state index contributed by atoms with van der Waals surface area (Å²) in [7, 11) is 1.68. The molecule has 24 heavy (non-hydrogen) atoms. The molecule has 0 aliphatic rings. The van der Waals surface area contributed by atoms with Gasteiger partial charge in [0.15, 0.2) is 0 Å². The van der Waals surface area contributed by atoms with Crippen molar-refractivity contribution in [3.63, 3.8) is 0 Å². The van der Waals surface area contributed by atoms with Crippen molar-refractivity contribution in [3.8, 4) is 16.9 Å². The molecule has 0 spiro atoms. The highest BCUT2D eigenvalue weighted by atomic mass is 19.1. The molecule has 0 radical (unpaired) electrons. The molecule has 0 amide bonds. The number of likely N-dealkylation sites (N-methyl/N-ethyl adjacent to an activating group) is 1. The fourth-order valence-electron chi connectivity index (χ4n) is 2.78. The summed E-state index contributed by atoms with van der Waals surface area (Å²) in [6.45, 7) is 4.49. The number of rotatable bonds is 10. The maximum Gasteiger partial charge on any atom is 0.130 e. The van der Waals surface area contributed by atoms with Crippen molar-refractivity contribution in [3.05, 3.63) is 48.0 Å². The Morgan fingerprint density at radius 2 is 1.88 bits per heavy atom. The van der Waals surface area contributed by atoms with Gasteiger partial charge in [-0.1, -0.05) is 37.3 Å². The van der Waals surface area contributed by atoms with Crippen LogP contribution in [0.5, 0.6) is 5.75 Å². The van der Waals surface area contributed by atoms with Crippen molar-refractivity contribution in [2.75, 3.05) is 38.7 Å². The standard InChI is InChI=1S/C20H27FN2O/c1-3-22-12-13-23-18-14-17(10-7-11-21)20(24-2)19(15-18)16-8-5-4-6-9-16/h4-6,8-9,14-15,22-23H,3,7,10-13H2,1-2H3. The van der Waals surface area contributed by atoms with Crippen molar-refractivity contribution >= 4 is 5.69 Å². The van der Waals surface area contributed by atoms with Gasteiger partial charge in [0.2, 0.25) is 0 Å². The van der Waals surface area contributed by atoms with Crippen molar-refractivity contribution in [1.82, 2.24) is 5.32 Å². The maximum atomic E-state index is 12.7. The summed E-state index contributed by atoms with van der Waals surface area (Å²) in [4.78, 5) is 0. The first-order valence-electron chi connectivity index (χ1n) is 8.57. The summed E-state index contributed by atoms with van der Waals surface area (Å²) in [6, 6.07) is 14.4. The molecule has 2 rings (SSSR count). The summed E-state index contributed by atoms with van der Waals surface area (Å²) < 4.78 is 18.3. The van der Waals surface area contributed by atoms with Gasteiger partial charge in [-0.25, -0.2) is 0 Å². The third-order valence-corrected chi connectivity index (χ3v) is 3.92. The number of hydrogen-bond acceptors (Lipinski definition) is 3. The van der Waals surface area contributed by atoms with Gasteiger partial charge >= 0.3 is 0 Å². The Hall–Kier alpha value is -2.07. The minimum absolute atomic E-state index is 0.318. The molecule has 0 atom stereocenters. The van der Waals surface area contributed by atoms with E-state index in [2.05, 4.69) is 41.8 Å². The predicted molar refractivity (Wildman–Crippen MR) is 99.8 cm³/mol. The number of nitrogens with one attached hydrogen (secondary N) is 2. The second kappa shape index (κ2) is 9.93. The van der Waals surface area contributed by atoms with Gasteiger partial charge in [-0.15, -0.1) is 0 Å². The van der Waals surface area contributed by atoms with Crippen molar-refractivity contribution in [2.24, 2.45) is 0 Å². The van der Waals surface area contributed by atoms with E-state index in [1.54, 1.807) is 7.11 Å². The van der Waals surface area contributed by atoms with Crippen LogP contribution in [0.1, 0.15) is 18.9 Å².